The molecule has 0 bridgehead atoms. The van der Waals surface area contributed by atoms with Gasteiger partial charge in [-0.2, -0.15) is 0 Å². The Morgan fingerprint density at radius 2 is 1.89 bits per heavy atom. The molecule has 1 heterocycles. The van der Waals surface area contributed by atoms with E-state index in [9.17, 15) is 8.78 Å². The molecule has 0 radical (unpaired) electrons. The molecule has 2 aromatic carbocycles. The molecule has 1 aliphatic heterocycles. The number of guanidine groups is 1. The average molecular weight is 387 g/mol. The minimum Gasteiger partial charge on any atom is -0.376 e. The zero-order valence-electron chi connectivity index (χ0n) is 16.2. The minimum atomic E-state index is -0.544. The summed E-state index contributed by atoms with van der Waals surface area (Å²) < 4.78 is 32.4. The van der Waals surface area contributed by atoms with Crippen molar-refractivity contribution >= 4 is 5.96 Å². The number of ether oxygens (including phenoxy) is 1. The van der Waals surface area contributed by atoms with Gasteiger partial charge in [-0.05, 0) is 36.1 Å². The first-order valence-corrected chi connectivity index (χ1v) is 9.66. The maximum Gasteiger partial charge on any atom is 0.193 e. The highest BCUT2D eigenvalue weighted by Crippen LogP contribution is 2.17. The van der Waals surface area contributed by atoms with Crippen LogP contribution in [0.4, 0.5) is 8.78 Å². The number of halogens is 2. The van der Waals surface area contributed by atoms with Crippen LogP contribution in [0.1, 0.15) is 17.5 Å². The summed E-state index contributed by atoms with van der Waals surface area (Å²) in [5, 5.41) is 3.29. The van der Waals surface area contributed by atoms with Gasteiger partial charge in [0.2, 0.25) is 0 Å². The predicted octanol–water partition coefficient (Wildman–Crippen LogP) is 3.62. The smallest absolute Gasteiger partial charge is 0.193 e. The van der Waals surface area contributed by atoms with Crippen molar-refractivity contribution in [1.29, 1.82) is 0 Å². The molecule has 0 aromatic heterocycles. The number of nitrogens with zero attached hydrogens (tertiary/aromatic N) is 2. The SMILES string of the molecule is CN=C(NCCc1cc(F)cc(F)c1)N1CCC(COCc2ccccc2)C1. The summed E-state index contributed by atoms with van der Waals surface area (Å²) in [5.41, 5.74) is 1.82. The van der Waals surface area contributed by atoms with Gasteiger partial charge in [0.1, 0.15) is 11.6 Å². The van der Waals surface area contributed by atoms with Crippen molar-refractivity contribution < 1.29 is 13.5 Å². The molecule has 0 aliphatic carbocycles. The Kier molecular flexibility index (Phi) is 7.37. The Labute approximate surface area is 165 Å². The Morgan fingerprint density at radius 3 is 2.61 bits per heavy atom. The number of benzene rings is 2. The van der Waals surface area contributed by atoms with Gasteiger partial charge in [-0.3, -0.25) is 4.99 Å². The summed E-state index contributed by atoms with van der Waals surface area (Å²) in [4.78, 5) is 6.55. The quantitative estimate of drug-likeness (QED) is 0.582. The van der Waals surface area contributed by atoms with Gasteiger partial charge in [0.25, 0.3) is 0 Å². The number of rotatable bonds is 7. The molecule has 1 atom stereocenters. The molecule has 150 valence electrons. The van der Waals surface area contributed by atoms with E-state index in [2.05, 4.69) is 27.3 Å². The zero-order chi connectivity index (χ0) is 19.8. The van der Waals surface area contributed by atoms with Gasteiger partial charge in [-0.1, -0.05) is 30.3 Å². The Hall–Kier alpha value is -2.47. The fourth-order valence-electron chi connectivity index (χ4n) is 3.48. The Morgan fingerprint density at radius 1 is 1.14 bits per heavy atom. The number of aliphatic imine (C=N–C) groups is 1. The van der Waals surface area contributed by atoms with Crippen LogP contribution in [-0.4, -0.2) is 44.1 Å². The van der Waals surface area contributed by atoms with Crippen molar-refractivity contribution in [3.05, 3.63) is 71.3 Å². The van der Waals surface area contributed by atoms with E-state index in [1.807, 2.05) is 18.2 Å². The highest BCUT2D eigenvalue weighted by atomic mass is 19.1. The molecule has 4 nitrogen and oxygen atoms in total. The lowest BCUT2D eigenvalue weighted by molar-refractivity contribution is 0.0907. The van der Waals surface area contributed by atoms with Crippen molar-refractivity contribution in [2.45, 2.75) is 19.4 Å². The van der Waals surface area contributed by atoms with Crippen LogP contribution in [-0.2, 0) is 17.8 Å². The lowest BCUT2D eigenvalue weighted by atomic mass is 10.1. The molecule has 2 aromatic rings. The molecule has 0 spiro atoms. The van der Waals surface area contributed by atoms with Crippen LogP contribution >= 0.6 is 0 Å². The van der Waals surface area contributed by atoms with Crippen LogP contribution in [0.5, 0.6) is 0 Å². The fourth-order valence-corrected chi connectivity index (χ4v) is 3.48. The number of nitrogens with one attached hydrogen (secondary N) is 1. The van der Waals surface area contributed by atoms with Gasteiger partial charge in [0, 0.05) is 38.7 Å². The third-order valence-electron chi connectivity index (χ3n) is 4.88. The second kappa shape index (κ2) is 10.2. The molecule has 1 fully saturated rings. The van der Waals surface area contributed by atoms with Crippen molar-refractivity contribution in [1.82, 2.24) is 10.2 Å². The van der Waals surface area contributed by atoms with E-state index in [1.54, 1.807) is 7.05 Å². The summed E-state index contributed by atoms with van der Waals surface area (Å²) in [6.07, 6.45) is 1.59. The molecule has 3 rings (SSSR count). The van der Waals surface area contributed by atoms with Gasteiger partial charge in [0.15, 0.2) is 5.96 Å². The van der Waals surface area contributed by atoms with Gasteiger partial charge >= 0.3 is 0 Å². The van der Waals surface area contributed by atoms with Crippen LogP contribution in [0.25, 0.3) is 0 Å². The molecule has 0 amide bonds. The van der Waals surface area contributed by atoms with E-state index >= 15 is 0 Å². The third kappa shape index (κ3) is 6.02. The van der Waals surface area contributed by atoms with Gasteiger partial charge in [-0.15, -0.1) is 0 Å². The Balaban J connectivity index is 1.40. The number of hydrogen-bond acceptors (Lipinski definition) is 2. The average Bonchev–Trinajstić information content (AvgIpc) is 3.14. The zero-order valence-corrected chi connectivity index (χ0v) is 16.2. The standard InChI is InChI=1S/C22H27F2N3O/c1-25-22(26-9-7-18-11-20(23)13-21(24)12-18)27-10-8-19(14-27)16-28-15-17-5-3-2-4-6-17/h2-6,11-13,19H,7-10,14-16H2,1H3,(H,25,26). The molecule has 0 saturated carbocycles. The monoisotopic (exact) mass is 387 g/mol. The lowest BCUT2D eigenvalue weighted by Gasteiger charge is -2.21. The largest absolute Gasteiger partial charge is 0.376 e. The summed E-state index contributed by atoms with van der Waals surface area (Å²) >= 11 is 0. The summed E-state index contributed by atoms with van der Waals surface area (Å²) in [7, 11) is 1.75. The number of likely N-dealkylation sites (tertiary alicyclic amines) is 1. The highest BCUT2D eigenvalue weighted by molar-refractivity contribution is 5.80. The molecule has 1 unspecified atom stereocenters. The normalized spacial score (nSPS) is 17.2. The van der Waals surface area contributed by atoms with Crippen LogP contribution in [0.3, 0.4) is 0 Å². The first-order valence-electron chi connectivity index (χ1n) is 9.66. The van der Waals surface area contributed by atoms with Gasteiger partial charge < -0.3 is 15.0 Å². The van der Waals surface area contributed by atoms with Crippen molar-refractivity contribution in [2.75, 3.05) is 33.3 Å². The maximum atomic E-state index is 13.3. The van der Waals surface area contributed by atoms with Crippen molar-refractivity contribution in [3.8, 4) is 0 Å². The highest BCUT2D eigenvalue weighted by Gasteiger charge is 2.24. The molecular formula is C22H27F2N3O. The maximum absolute atomic E-state index is 13.3. The molecule has 6 heteroatoms. The van der Waals surface area contributed by atoms with E-state index in [-0.39, 0.29) is 0 Å². The molecule has 1 N–H and O–H groups in total. The Bertz CT molecular complexity index is 762. The van der Waals surface area contributed by atoms with Crippen LogP contribution in [0.15, 0.2) is 53.5 Å². The second-order valence-electron chi connectivity index (χ2n) is 7.10. The van der Waals surface area contributed by atoms with Crippen LogP contribution in [0, 0.1) is 17.6 Å². The lowest BCUT2D eigenvalue weighted by Crippen LogP contribution is -2.41. The first-order chi connectivity index (χ1) is 13.6. The van der Waals surface area contributed by atoms with E-state index in [0.717, 1.165) is 38.1 Å². The van der Waals surface area contributed by atoms with Gasteiger partial charge in [-0.25, -0.2) is 8.78 Å². The second-order valence-corrected chi connectivity index (χ2v) is 7.10. The van der Waals surface area contributed by atoms with E-state index < -0.39 is 11.6 Å². The van der Waals surface area contributed by atoms with Crippen molar-refractivity contribution in [3.63, 3.8) is 0 Å². The summed E-state index contributed by atoms with van der Waals surface area (Å²) in [5.74, 6) is 0.205. The topological polar surface area (TPSA) is 36.9 Å². The first kappa shape index (κ1) is 20.3. The summed E-state index contributed by atoms with van der Waals surface area (Å²) in [6.45, 7) is 3.75. The van der Waals surface area contributed by atoms with Crippen LogP contribution < -0.4 is 5.32 Å². The fraction of sp³-hybridized carbons (Fsp3) is 0.409. The number of hydrogen-bond donors (Lipinski definition) is 1. The molecule has 1 aliphatic rings. The molecular weight excluding hydrogens is 360 g/mol. The van der Waals surface area contributed by atoms with Crippen molar-refractivity contribution in [2.24, 2.45) is 10.9 Å². The van der Waals surface area contributed by atoms with E-state index in [1.165, 1.54) is 17.7 Å². The third-order valence-corrected chi connectivity index (χ3v) is 4.88. The predicted molar refractivity (Wildman–Crippen MR) is 107 cm³/mol. The van der Waals surface area contributed by atoms with Crippen LogP contribution in [0.2, 0.25) is 0 Å². The molecule has 28 heavy (non-hydrogen) atoms. The molecule has 1 saturated heterocycles. The van der Waals surface area contributed by atoms with Gasteiger partial charge in [0.05, 0.1) is 13.2 Å². The summed E-state index contributed by atoms with van der Waals surface area (Å²) in [6, 6.07) is 13.8. The van der Waals surface area contributed by atoms with E-state index in [0.29, 0.717) is 31.1 Å². The minimum absolute atomic E-state index is 0.472. The van der Waals surface area contributed by atoms with E-state index in [4.69, 9.17) is 4.74 Å².